The van der Waals surface area contributed by atoms with Gasteiger partial charge < -0.3 is 20.3 Å². The van der Waals surface area contributed by atoms with Crippen molar-refractivity contribution in [1.29, 1.82) is 0 Å². The summed E-state index contributed by atoms with van der Waals surface area (Å²) in [7, 11) is 0. The zero-order valence-electron chi connectivity index (χ0n) is 25.0. The summed E-state index contributed by atoms with van der Waals surface area (Å²) in [6.45, 7) is 17.0. The Kier molecular flexibility index (Phi) is 9.47. The molecule has 0 bridgehead atoms. The normalized spacial score (nSPS) is 13.4. The second-order valence-corrected chi connectivity index (χ2v) is 12.8. The highest BCUT2D eigenvalue weighted by molar-refractivity contribution is 5.94. The van der Waals surface area contributed by atoms with Crippen LogP contribution in [0.15, 0.2) is 60.7 Å². The van der Waals surface area contributed by atoms with Gasteiger partial charge in [-0.15, -0.1) is 0 Å². The van der Waals surface area contributed by atoms with Crippen molar-refractivity contribution in [3.63, 3.8) is 0 Å². The summed E-state index contributed by atoms with van der Waals surface area (Å²) in [5.74, 6) is -1.03. The van der Waals surface area contributed by atoms with Crippen molar-refractivity contribution >= 4 is 11.9 Å². The van der Waals surface area contributed by atoms with Gasteiger partial charge in [-0.25, -0.2) is 4.79 Å². The third kappa shape index (κ3) is 8.18. The van der Waals surface area contributed by atoms with Gasteiger partial charge in [0, 0.05) is 5.56 Å². The van der Waals surface area contributed by atoms with Gasteiger partial charge in [0.2, 0.25) is 0 Å². The van der Waals surface area contributed by atoms with Crippen LogP contribution in [0.1, 0.15) is 86.7 Å². The smallest absolute Gasteiger partial charge is 0.334 e. The Morgan fingerprint density at radius 3 is 1.90 bits per heavy atom. The van der Waals surface area contributed by atoms with Crippen molar-refractivity contribution in [1.82, 2.24) is 5.32 Å². The summed E-state index contributed by atoms with van der Waals surface area (Å²) in [5.41, 5.74) is 7.40. The SMILES string of the molecule is Cc1cc(OC(CC(C)(C)C)c2ccc(C(=O)NC[C@H](O)C(=O)O)cc2)cc(C)c1-c1ccc(C(C)(C)C)cc1. The largest absolute Gasteiger partial charge is 0.486 e. The number of aliphatic hydroxyl groups is 1. The number of carboxylic acids is 1. The Balaban J connectivity index is 1.84. The van der Waals surface area contributed by atoms with Gasteiger partial charge >= 0.3 is 5.97 Å². The first kappa shape index (κ1) is 30.9. The molecule has 0 radical (unpaired) electrons. The maximum Gasteiger partial charge on any atom is 0.334 e. The average molecular weight is 546 g/mol. The predicted molar refractivity (Wildman–Crippen MR) is 160 cm³/mol. The molecule has 0 aliphatic heterocycles. The third-order valence-corrected chi connectivity index (χ3v) is 6.91. The van der Waals surface area contributed by atoms with Crippen LogP contribution >= 0.6 is 0 Å². The van der Waals surface area contributed by atoms with Crippen molar-refractivity contribution in [3.05, 3.63) is 88.5 Å². The van der Waals surface area contributed by atoms with Gasteiger partial charge in [-0.3, -0.25) is 4.79 Å². The summed E-state index contributed by atoms with van der Waals surface area (Å²) in [6.07, 6.45) is -1.12. The molecule has 3 N–H and O–H groups in total. The standard InChI is InChI=1S/C34H43NO5/c1-21-17-27(18-22(2)30(21)24-13-15-26(16-14-24)34(6,7)8)40-29(19-33(3,4)5)23-9-11-25(12-10-23)31(37)35-20-28(36)32(38)39/h9-18,28-29,36H,19-20H2,1-8H3,(H,35,37)(H,38,39)/t28-,29?/m0/s1. The maximum absolute atomic E-state index is 12.4. The first-order chi connectivity index (χ1) is 18.5. The molecule has 0 heterocycles. The highest BCUT2D eigenvalue weighted by Gasteiger charge is 2.24. The van der Waals surface area contributed by atoms with E-state index >= 15 is 0 Å². The fourth-order valence-electron chi connectivity index (χ4n) is 4.76. The minimum absolute atomic E-state index is 0.00743. The number of carboxylic acid groups (broad SMARTS) is 1. The van der Waals surface area contributed by atoms with Crippen LogP contribution in [0.5, 0.6) is 5.75 Å². The molecule has 0 saturated carbocycles. The summed E-state index contributed by atoms with van der Waals surface area (Å²) in [4.78, 5) is 23.2. The van der Waals surface area contributed by atoms with E-state index in [1.54, 1.807) is 12.1 Å². The predicted octanol–water partition coefficient (Wildman–Crippen LogP) is 7.00. The average Bonchev–Trinajstić information content (AvgIpc) is 2.85. The lowest BCUT2D eigenvalue weighted by Crippen LogP contribution is -2.36. The number of ether oxygens (including phenoxy) is 1. The molecule has 40 heavy (non-hydrogen) atoms. The highest BCUT2D eigenvalue weighted by Crippen LogP contribution is 2.37. The van der Waals surface area contributed by atoms with Crippen LogP contribution < -0.4 is 10.1 Å². The van der Waals surface area contributed by atoms with Crippen LogP contribution in [0.2, 0.25) is 0 Å². The molecule has 1 amide bonds. The van der Waals surface area contributed by atoms with Crippen LogP contribution in [0.3, 0.4) is 0 Å². The van der Waals surface area contributed by atoms with E-state index in [-0.39, 0.29) is 23.5 Å². The minimum atomic E-state index is -1.64. The molecule has 0 fully saturated rings. The van der Waals surface area contributed by atoms with Gasteiger partial charge in [-0.2, -0.15) is 0 Å². The third-order valence-electron chi connectivity index (χ3n) is 6.91. The molecular weight excluding hydrogens is 502 g/mol. The molecule has 214 valence electrons. The molecule has 6 nitrogen and oxygen atoms in total. The van der Waals surface area contributed by atoms with E-state index in [2.05, 4.69) is 97.1 Å². The Hall–Kier alpha value is -3.64. The number of carbonyl (C=O) groups is 2. The Bertz CT molecular complexity index is 1310. The van der Waals surface area contributed by atoms with Crippen molar-refractivity contribution in [3.8, 4) is 16.9 Å². The zero-order valence-corrected chi connectivity index (χ0v) is 25.0. The molecule has 2 atom stereocenters. The molecule has 0 saturated heterocycles. The first-order valence-corrected chi connectivity index (χ1v) is 13.7. The second kappa shape index (κ2) is 12.3. The number of carbonyl (C=O) groups excluding carboxylic acids is 1. The molecule has 3 aromatic rings. The Morgan fingerprint density at radius 2 is 1.43 bits per heavy atom. The molecule has 6 heteroatoms. The van der Waals surface area contributed by atoms with Crippen LogP contribution in [0.4, 0.5) is 0 Å². The lowest BCUT2D eigenvalue weighted by Gasteiger charge is -2.28. The van der Waals surface area contributed by atoms with Crippen LogP contribution in [-0.4, -0.2) is 34.7 Å². The molecular formula is C34H43NO5. The number of amides is 1. The number of hydrogen-bond donors (Lipinski definition) is 3. The number of aliphatic hydroxyl groups excluding tert-OH is 1. The number of benzene rings is 3. The second-order valence-electron chi connectivity index (χ2n) is 12.8. The van der Waals surface area contributed by atoms with E-state index in [1.807, 2.05) is 12.1 Å². The fraction of sp³-hybridized carbons (Fsp3) is 0.412. The van der Waals surface area contributed by atoms with E-state index in [0.717, 1.165) is 28.9 Å². The molecule has 0 aliphatic carbocycles. The topological polar surface area (TPSA) is 95.9 Å². The summed E-state index contributed by atoms with van der Waals surface area (Å²) in [5, 5.41) is 20.7. The number of rotatable bonds is 9. The zero-order chi connectivity index (χ0) is 29.8. The fourth-order valence-corrected chi connectivity index (χ4v) is 4.76. The van der Waals surface area contributed by atoms with E-state index < -0.39 is 18.0 Å². The van der Waals surface area contributed by atoms with Crippen molar-refractivity contribution < 1.29 is 24.5 Å². The Labute approximate surface area is 238 Å². The lowest BCUT2D eigenvalue weighted by molar-refractivity contribution is -0.146. The monoisotopic (exact) mass is 545 g/mol. The van der Waals surface area contributed by atoms with Crippen molar-refractivity contribution in [2.75, 3.05) is 6.54 Å². The quantitative estimate of drug-likeness (QED) is 0.269. The number of nitrogens with one attached hydrogen (secondary N) is 1. The molecule has 3 rings (SSSR count). The van der Waals surface area contributed by atoms with Crippen molar-refractivity contribution in [2.24, 2.45) is 5.41 Å². The number of aryl methyl sites for hydroxylation is 2. The number of hydrogen-bond acceptors (Lipinski definition) is 4. The lowest BCUT2D eigenvalue weighted by atomic mass is 9.85. The molecule has 1 unspecified atom stereocenters. The maximum atomic E-state index is 12.4. The van der Waals surface area contributed by atoms with Crippen LogP contribution in [0, 0.1) is 19.3 Å². The molecule has 0 aliphatic rings. The minimum Gasteiger partial charge on any atom is -0.486 e. The summed E-state index contributed by atoms with van der Waals surface area (Å²) in [6, 6.07) is 20.1. The van der Waals surface area contributed by atoms with Crippen LogP contribution in [0.25, 0.3) is 11.1 Å². The van der Waals surface area contributed by atoms with Crippen LogP contribution in [-0.2, 0) is 10.2 Å². The number of aliphatic carboxylic acids is 1. The van der Waals surface area contributed by atoms with Crippen molar-refractivity contribution in [2.45, 2.75) is 79.4 Å². The van der Waals surface area contributed by atoms with E-state index in [0.29, 0.717) is 5.56 Å². The van der Waals surface area contributed by atoms with Gasteiger partial charge in [0.1, 0.15) is 11.9 Å². The summed E-state index contributed by atoms with van der Waals surface area (Å²) < 4.78 is 6.60. The summed E-state index contributed by atoms with van der Waals surface area (Å²) >= 11 is 0. The van der Waals surface area contributed by atoms with E-state index in [1.165, 1.54) is 16.7 Å². The Morgan fingerprint density at radius 1 is 0.875 bits per heavy atom. The van der Waals surface area contributed by atoms with Gasteiger partial charge in [0.05, 0.1) is 6.54 Å². The van der Waals surface area contributed by atoms with E-state index in [4.69, 9.17) is 9.84 Å². The molecule has 3 aromatic carbocycles. The van der Waals surface area contributed by atoms with E-state index in [9.17, 15) is 14.7 Å². The van der Waals surface area contributed by atoms with Gasteiger partial charge in [0.25, 0.3) is 5.91 Å². The van der Waals surface area contributed by atoms with Gasteiger partial charge in [-0.05, 0) is 88.7 Å². The first-order valence-electron chi connectivity index (χ1n) is 13.7. The van der Waals surface area contributed by atoms with Gasteiger partial charge in [0.15, 0.2) is 6.10 Å². The molecule has 0 aromatic heterocycles. The van der Waals surface area contributed by atoms with Gasteiger partial charge in [-0.1, -0.05) is 77.9 Å². The molecule has 0 spiro atoms. The highest BCUT2D eigenvalue weighted by atomic mass is 16.5.